The van der Waals surface area contributed by atoms with E-state index in [1.165, 1.54) is 10.7 Å². The van der Waals surface area contributed by atoms with Crippen molar-refractivity contribution in [2.45, 2.75) is 0 Å². The number of nitrogens with one attached hydrogen (secondary N) is 1. The van der Waals surface area contributed by atoms with E-state index in [-0.39, 0.29) is 16.9 Å². The lowest BCUT2D eigenvalue weighted by molar-refractivity contribution is 0.562. The van der Waals surface area contributed by atoms with Gasteiger partial charge in [0.25, 0.3) is 5.56 Å². The molecule has 146 valence electrons. The van der Waals surface area contributed by atoms with Crippen molar-refractivity contribution in [3.05, 3.63) is 92.7 Å². The number of nitrogens with zero attached hydrogens (tertiary/aromatic N) is 4. The molecule has 5 rings (SSSR count). The average molecular weight is 418 g/mol. The van der Waals surface area contributed by atoms with Crippen molar-refractivity contribution in [1.29, 1.82) is 0 Å². The van der Waals surface area contributed by atoms with E-state index in [1.54, 1.807) is 48.5 Å². The third-order valence-corrected chi connectivity index (χ3v) is 4.78. The van der Waals surface area contributed by atoms with Crippen molar-refractivity contribution in [1.82, 2.24) is 14.6 Å². The van der Waals surface area contributed by atoms with E-state index in [9.17, 15) is 9.59 Å². The number of aromatic amines is 1. The van der Waals surface area contributed by atoms with Crippen LogP contribution >= 0.6 is 11.6 Å². The molecule has 3 aromatic heterocycles. The zero-order valence-corrected chi connectivity index (χ0v) is 16.0. The second-order valence-corrected chi connectivity index (χ2v) is 6.88. The van der Waals surface area contributed by atoms with Crippen LogP contribution in [0.3, 0.4) is 0 Å². The fourth-order valence-electron chi connectivity index (χ4n) is 3.12. The van der Waals surface area contributed by atoms with Crippen molar-refractivity contribution >= 4 is 39.6 Å². The summed E-state index contributed by atoms with van der Waals surface area (Å²) in [5.74, 6) is 0. The van der Waals surface area contributed by atoms with Crippen LogP contribution < -0.4 is 11.2 Å². The molecule has 0 bridgehead atoms. The lowest BCUT2D eigenvalue weighted by Crippen LogP contribution is -2.08. The molecule has 0 saturated carbocycles. The lowest BCUT2D eigenvalue weighted by Gasteiger charge is -2.05. The highest BCUT2D eigenvalue weighted by Crippen LogP contribution is 2.25. The molecule has 8 nitrogen and oxygen atoms in total. The molecule has 30 heavy (non-hydrogen) atoms. The van der Waals surface area contributed by atoms with Gasteiger partial charge in [0.05, 0.1) is 16.9 Å². The second kappa shape index (κ2) is 7.09. The SMILES string of the molecule is O=c1[nH]n2c(-c3cc4ccccc4oc3=O)ccnc2c1N=Nc1ccc(Cl)cc1. The highest BCUT2D eigenvalue weighted by Gasteiger charge is 2.16. The number of H-pyrrole nitrogens is 1. The molecule has 3 heterocycles. The maximum atomic E-state index is 12.6. The second-order valence-electron chi connectivity index (χ2n) is 6.44. The van der Waals surface area contributed by atoms with Gasteiger partial charge in [-0.25, -0.2) is 14.3 Å². The van der Waals surface area contributed by atoms with Crippen LogP contribution in [-0.2, 0) is 0 Å². The first-order chi connectivity index (χ1) is 14.6. The number of hydrogen-bond acceptors (Lipinski definition) is 6. The minimum atomic E-state index is -0.528. The molecular formula is C21H12ClN5O3. The third kappa shape index (κ3) is 3.09. The summed E-state index contributed by atoms with van der Waals surface area (Å²) >= 11 is 5.87. The van der Waals surface area contributed by atoms with E-state index in [4.69, 9.17) is 16.0 Å². The van der Waals surface area contributed by atoms with Gasteiger partial charge in [-0.05, 0) is 42.5 Å². The monoisotopic (exact) mass is 417 g/mol. The first-order valence-corrected chi connectivity index (χ1v) is 9.28. The standard InChI is InChI=1S/C21H12ClN5O3/c22-13-5-7-14(8-6-13)24-25-18-19-23-10-9-16(27(19)26-20(18)28)15-11-12-3-1-2-4-17(12)30-21(15)29/h1-11H,(H,26,28). The molecule has 2 aromatic carbocycles. The Morgan fingerprint density at radius 3 is 2.63 bits per heavy atom. The van der Waals surface area contributed by atoms with Crippen molar-refractivity contribution in [3.63, 3.8) is 0 Å². The number of azo groups is 1. The quantitative estimate of drug-likeness (QED) is 0.334. The number of rotatable bonds is 3. The Morgan fingerprint density at radius 1 is 1.00 bits per heavy atom. The van der Waals surface area contributed by atoms with Crippen LogP contribution in [0.1, 0.15) is 0 Å². The van der Waals surface area contributed by atoms with Crippen LogP contribution in [-0.4, -0.2) is 14.6 Å². The van der Waals surface area contributed by atoms with Crippen molar-refractivity contribution in [2.75, 3.05) is 0 Å². The fourth-order valence-corrected chi connectivity index (χ4v) is 3.24. The summed E-state index contributed by atoms with van der Waals surface area (Å²) in [7, 11) is 0. The van der Waals surface area contributed by atoms with Gasteiger partial charge in [-0.1, -0.05) is 29.8 Å². The highest BCUT2D eigenvalue weighted by atomic mass is 35.5. The van der Waals surface area contributed by atoms with E-state index in [1.807, 2.05) is 12.1 Å². The zero-order valence-electron chi connectivity index (χ0n) is 15.2. The maximum Gasteiger partial charge on any atom is 0.345 e. The summed E-state index contributed by atoms with van der Waals surface area (Å²) in [5.41, 5.74) is 0.968. The lowest BCUT2D eigenvalue weighted by atomic mass is 10.1. The minimum absolute atomic E-state index is 0.0250. The molecule has 0 spiro atoms. The number of aromatic nitrogens is 3. The third-order valence-electron chi connectivity index (χ3n) is 4.53. The van der Waals surface area contributed by atoms with E-state index in [0.29, 0.717) is 22.0 Å². The van der Waals surface area contributed by atoms with Crippen LogP contribution in [0.5, 0.6) is 0 Å². The Balaban J connectivity index is 1.67. The van der Waals surface area contributed by atoms with Crippen LogP contribution in [0.2, 0.25) is 5.02 Å². The molecule has 0 radical (unpaired) electrons. The van der Waals surface area contributed by atoms with E-state index < -0.39 is 11.2 Å². The molecular weight excluding hydrogens is 406 g/mol. The van der Waals surface area contributed by atoms with Gasteiger partial charge < -0.3 is 4.42 Å². The van der Waals surface area contributed by atoms with Crippen molar-refractivity contribution < 1.29 is 4.42 Å². The van der Waals surface area contributed by atoms with Gasteiger partial charge in [0.15, 0.2) is 11.3 Å². The highest BCUT2D eigenvalue weighted by molar-refractivity contribution is 6.30. The molecule has 1 N–H and O–H groups in total. The summed E-state index contributed by atoms with van der Waals surface area (Å²) in [4.78, 5) is 29.3. The molecule has 0 fully saturated rings. The van der Waals surface area contributed by atoms with E-state index in [2.05, 4.69) is 20.3 Å². The molecule has 0 aliphatic carbocycles. The van der Waals surface area contributed by atoms with Crippen LogP contribution in [0.15, 0.2) is 91.1 Å². The average Bonchev–Trinajstić information content (AvgIpc) is 3.08. The molecule has 0 atom stereocenters. The van der Waals surface area contributed by atoms with Crippen molar-refractivity contribution in [2.24, 2.45) is 10.2 Å². The summed E-state index contributed by atoms with van der Waals surface area (Å²) in [5, 5.41) is 12.1. The Labute approximate surface area is 173 Å². The summed E-state index contributed by atoms with van der Waals surface area (Å²) in [6.45, 7) is 0. The van der Waals surface area contributed by atoms with Gasteiger partial charge in [0.2, 0.25) is 0 Å². The molecule has 0 unspecified atom stereocenters. The number of benzene rings is 2. The topological polar surface area (TPSA) is 105 Å². The largest absolute Gasteiger partial charge is 0.422 e. The van der Waals surface area contributed by atoms with Gasteiger partial charge in [-0.3, -0.25) is 9.89 Å². The minimum Gasteiger partial charge on any atom is -0.422 e. The van der Waals surface area contributed by atoms with Gasteiger partial charge >= 0.3 is 5.63 Å². The number of fused-ring (bicyclic) bond motifs is 2. The van der Waals surface area contributed by atoms with Gasteiger partial charge in [-0.15, -0.1) is 5.11 Å². The van der Waals surface area contributed by atoms with Crippen LogP contribution in [0.4, 0.5) is 11.4 Å². The molecule has 9 heteroatoms. The van der Waals surface area contributed by atoms with Crippen molar-refractivity contribution in [3.8, 4) is 11.3 Å². The molecule has 0 aliphatic rings. The molecule has 0 aliphatic heterocycles. The Kier molecular flexibility index (Phi) is 4.26. The Bertz CT molecular complexity index is 1550. The van der Waals surface area contributed by atoms with E-state index in [0.717, 1.165) is 5.39 Å². The maximum absolute atomic E-state index is 12.6. The zero-order chi connectivity index (χ0) is 20.7. The Morgan fingerprint density at radius 2 is 1.80 bits per heavy atom. The van der Waals surface area contributed by atoms with E-state index >= 15 is 0 Å². The fraction of sp³-hybridized carbons (Fsp3) is 0. The smallest absolute Gasteiger partial charge is 0.345 e. The number of halogens is 1. The summed E-state index contributed by atoms with van der Waals surface area (Å²) in [6, 6.07) is 17.2. The summed E-state index contributed by atoms with van der Waals surface area (Å²) < 4.78 is 6.82. The van der Waals surface area contributed by atoms with Crippen LogP contribution in [0, 0.1) is 0 Å². The normalized spacial score (nSPS) is 11.6. The van der Waals surface area contributed by atoms with Crippen LogP contribution in [0.25, 0.3) is 27.9 Å². The number of para-hydroxylation sites is 1. The molecule has 0 amide bonds. The molecule has 5 aromatic rings. The summed E-state index contributed by atoms with van der Waals surface area (Å²) in [6.07, 6.45) is 1.49. The van der Waals surface area contributed by atoms with Gasteiger partial charge in [0.1, 0.15) is 5.58 Å². The molecule has 0 saturated heterocycles. The first-order valence-electron chi connectivity index (χ1n) is 8.90. The predicted octanol–water partition coefficient (Wildman–Crippen LogP) is 4.86. The Hall–Kier alpha value is -4.04. The first kappa shape index (κ1) is 18.0. The van der Waals surface area contributed by atoms with Gasteiger partial charge in [-0.2, -0.15) is 5.11 Å². The predicted molar refractivity (Wildman–Crippen MR) is 113 cm³/mol. The van der Waals surface area contributed by atoms with Gasteiger partial charge in [0, 0.05) is 16.6 Å². The number of hydrogen-bond donors (Lipinski definition) is 1.